The van der Waals surface area contributed by atoms with E-state index in [-0.39, 0.29) is 11.8 Å². The normalized spacial score (nSPS) is 14.0. The van der Waals surface area contributed by atoms with Crippen molar-refractivity contribution >= 4 is 11.8 Å². The molecule has 1 fully saturated rings. The van der Waals surface area contributed by atoms with Gasteiger partial charge in [0.2, 0.25) is 5.91 Å². The number of benzene rings is 1. The minimum atomic E-state index is -0.117. The largest absolute Gasteiger partial charge is 0.341 e. The van der Waals surface area contributed by atoms with Crippen LogP contribution in [0.2, 0.25) is 0 Å². The molecule has 6 nitrogen and oxygen atoms in total. The molecule has 6 heteroatoms. The molecule has 0 saturated carbocycles. The molecule has 0 spiro atoms. The Kier molecular flexibility index (Phi) is 4.84. The predicted molar refractivity (Wildman–Crippen MR) is 90.2 cm³/mol. The quantitative estimate of drug-likeness (QED) is 0.842. The number of carbonyl (C=O) groups is 2. The number of likely N-dealkylation sites (tertiary alicyclic amines) is 1. The van der Waals surface area contributed by atoms with Crippen molar-refractivity contribution in [1.82, 2.24) is 20.0 Å². The molecule has 124 valence electrons. The molecule has 3 rings (SSSR count). The first-order chi connectivity index (χ1) is 11.6. The summed E-state index contributed by atoms with van der Waals surface area (Å²) in [6, 6.07) is 11.4. The molecule has 1 aromatic carbocycles. The Morgan fingerprint density at radius 1 is 1.29 bits per heavy atom. The van der Waals surface area contributed by atoms with Crippen molar-refractivity contribution in [3.63, 3.8) is 0 Å². The molecule has 1 aromatic heterocycles. The van der Waals surface area contributed by atoms with Crippen LogP contribution in [0.1, 0.15) is 23.2 Å². The van der Waals surface area contributed by atoms with E-state index in [4.69, 9.17) is 0 Å². The van der Waals surface area contributed by atoms with Crippen LogP contribution in [0.3, 0.4) is 0 Å². The molecule has 2 aromatic rings. The summed E-state index contributed by atoms with van der Waals surface area (Å²) < 4.78 is 0. The molecule has 0 radical (unpaired) electrons. The Labute approximate surface area is 141 Å². The van der Waals surface area contributed by atoms with Crippen molar-refractivity contribution < 1.29 is 9.59 Å². The van der Waals surface area contributed by atoms with Crippen LogP contribution in [0.4, 0.5) is 0 Å². The summed E-state index contributed by atoms with van der Waals surface area (Å²) in [5.41, 5.74) is 2.09. The molecule has 0 aliphatic carbocycles. The smallest absolute Gasteiger partial charge is 0.255 e. The molecule has 0 bridgehead atoms. The fourth-order valence-electron chi connectivity index (χ4n) is 2.77. The molecule has 1 aliphatic heterocycles. The first-order valence-corrected chi connectivity index (χ1v) is 8.06. The monoisotopic (exact) mass is 324 g/mol. The van der Waals surface area contributed by atoms with Crippen molar-refractivity contribution in [2.24, 2.45) is 0 Å². The third-order valence-corrected chi connectivity index (χ3v) is 4.19. The van der Waals surface area contributed by atoms with Crippen LogP contribution in [0.15, 0.2) is 42.6 Å². The van der Waals surface area contributed by atoms with Crippen LogP contribution < -0.4 is 0 Å². The van der Waals surface area contributed by atoms with Gasteiger partial charge in [0.25, 0.3) is 5.91 Å². The van der Waals surface area contributed by atoms with Gasteiger partial charge in [-0.25, -0.2) is 0 Å². The summed E-state index contributed by atoms with van der Waals surface area (Å²) in [6.07, 6.45) is 3.00. The zero-order chi connectivity index (χ0) is 16.9. The number of likely N-dealkylation sites (N-methyl/N-ethyl adjacent to an activating group) is 1. The topological polar surface area (TPSA) is 66.4 Å². The molecular formula is C18H20N4O2. The molecule has 2 heterocycles. The summed E-state index contributed by atoms with van der Waals surface area (Å²) in [6.45, 7) is 1.87. The van der Waals surface area contributed by atoms with E-state index in [9.17, 15) is 9.59 Å². The number of rotatable bonds is 5. The van der Waals surface area contributed by atoms with Gasteiger partial charge in [-0.2, -0.15) is 10.2 Å². The molecule has 0 atom stereocenters. The van der Waals surface area contributed by atoms with Gasteiger partial charge in [-0.1, -0.05) is 30.3 Å². The van der Waals surface area contributed by atoms with Crippen LogP contribution in [0.25, 0.3) is 11.3 Å². The highest BCUT2D eigenvalue weighted by Crippen LogP contribution is 2.17. The van der Waals surface area contributed by atoms with E-state index < -0.39 is 0 Å². The number of hydrogen-bond donors (Lipinski definition) is 0. The van der Waals surface area contributed by atoms with Crippen LogP contribution in [-0.4, -0.2) is 58.5 Å². The summed E-state index contributed by atoms with van der Waals surface area (Å²) in [7, 11) is 1.74. The van der Waals surface area contributed by atoms with Gasteiger partial charge in [-0.3, -0.25) is 9.59 Å². The van der Waals surface area contributed by atoms with Gasteiger partial charge < -0.3 is 9.80 Å². The summed E-state index contributed by atoms with van der Waals surface area (Å²) in [4.78, 5) is 27.6. The maximum atomic E-state index is 12.6. The van der Waals surface area contributed by atoms with E-state index >= 15 is 0 Å². The maximum absolute atomic E-state index is 12.6. The van der Waals surface area contributed by atoms with Gasteiger partial charge in [0.15, 0.2) is 0 Å². The van der Waals surface area contributed by atoms with Gasteiger partial charge in [0.1, 0.15) is 0 Å². The summed E-state index contributed by atoms with van der Waals surface area (Å²) in [5, 5.41) is 8.05. The molecule has 1 aliphatic rings. The summed E-state index contributed by atoms with van der Waals surface area (Å²) in [5.74, 6) is 0.0570. The zero-order valence-corrected chi connectivity index (χ0v) is 13.7. The Morgan fingerprint density at radius 3 is 2.79 bits per heavy atom. The van der Waals surface area contributed by atoms with Crippen LogP contribution in [-0.2, 0) is 4.79 Å². The second-order valence-electron chi connectivity index (χ2n) is 5.91. The van der Waals surface area contributed by atoms with Crippen LogP contribution >= 0.6 is 0 Å². The fraction of sp³-hybridized carbons (Fsp3) is 0.333. The van der Waals surface area contributed by atoms with E-state index in [0.717, 1.165) is 18.5 Å². The van der Waals surface area contributed by atoms with Gasteiger partial charge in [-0.15, -0.1) is 0 Å². The van der Waals surface area contributed by atoms with Gasteiger partial charge in [0, 0.05) is 38.7 Å². The number of carbonyl (C=O) groups excluding carboxylic acids is 2. The number of amides is 2. The lowest BCUT2D eigenvalue weighted by Gasteiger charge is -2.21. The Balaban J connectivity index is 1.67. The van der Waals surface area contributed by atoms with Crippen molar-refractivity contribution in [3.8, 4) is 11.3 Å². The minimum Gasteiger partial charge on any atom is -0.341 e. The number of hydrogen-bond acceptors (Lipinski definition) is 4. The lowest BCUT2D eigenvalue weighted by atomic mass is 10.1. The minimum absolute atomic E-state index is 0.117. The average Bonchev–Trinajstić information content (AvgIpc) is 3.05. The first kappa shape index (κ1) is 16.1. The Hall–Kier alpha value is -2.76. The Morgan fingerprint density at radius 2 is 2.08 bits per heavy atom. The maximum Gasteiger partial charge on any atom is 0.255 e. The predicted octanol–water partition coefficient (Wildman–Crippen LogP) is 1.84. The first-order valence-electron chi connectivity index (χ1n) is 8.06. The van der Waals surface area contributed by atoms with E-state index in [1.807, 2.05) is 35.2 Å². The molecule has 1 saturated heterocycles. The fourth-order valence-corrected chi connectivity index (χ4v) is 2.77. The van der Waals surface area contributed by atoms with Crippen molar-refractivity contribution in [3.05, 3.63) is 48.2 Å². The standard InChI is InChI=1S/C18H20N4O2/c1-21(10-11-22-9-5-8-17(22)23)18(24)15-12-16(20-19-13-15)14-6-3-2-4-7-14/h2-4,6-7,12-13H,5,8-11H2,1H3. The number of nitrogens with zero attached hydrogens (tertiary/aromatic N) is 4. The highest BCUT2D eigenvalue weighted by Gasteiger charge is 2.21. The molecular weight excluding hydrogens is 304 g/mol. The van der Waals surface area contributed by atoms with Gasteiger partial charge >= 0.3 is 0 Å². The SMILES string of the molecule is CN(CCN1CCCC1=O)C(=O)c1cnnc(-c2ccccc2)c1. The van der Waals surface area contributed by atoms with E-state index in [2.05, 4.69) is 10.2 Å². The lowest BCUT2D eigenvalue weighted by molar-refractivity contribution is -0.127. The number of aromatic nitrogens is 2. The second kappa shape index (κ2) is 7.21. The molecule has 24 heavy (non-hydrogen) atoms. The third kappa shape index (κ3) is 3.59. The molecule has 0 N–H and O–H groups in total. The van der Waals surface area contributed by atoms with Gasteiger partial charge in [-0.05, 0) is 12.5 Å². The summed E-state index contributed by atoms with van der Waals surface area (Å²) >= 11 is 0. The van der Waals surface area contributed by atoms with Crippen molar-refractivity contribution in [2.75, 3.05) is 26.7 Å². The van der Waals surface area contributed by atoms with E-state index in [0.29, 0.717) is 30.8 Å². The second-order valence-corrected chi connectivity index (χ2v) is 5.91. The highest BCUT2D eigenvalue weighted by molar-refractivity contribution is 5.94. The molecule has 2 amide bonds. The zero-order valence-electron chi connectivity index (χ0n) is 13.7. The van der Waals surface area contributed by atoms with Gasteiger partial charge in [0.05, 0.1) is 17.5 Å². The van der Waals surface area contributed by atoms with Crippen LogP contribution in [0.5, 0.6) is 0 Å². The van der Waals surface area contributed by atoms with Crippen molar-refractivity contribution in [2.45, 2.75) is 12.8 Å². The van der Waals surface area contributed by atoms with E-state index in [1.54, 1.807) is 18.0 Å². The molecule has 0 unspecified atom stereocenters. The average molecular weight is 324 g/mol. The lowest BCUT2D eigenvalue weighted by Crippen LogP contribution is -2.37. The Bertz CT molecular complexity index is 733. The highest BCUT2D eigenvalue weighted by atomic mass is 16.2. The van der Waals surface area contributed by atoms with Crippen molar-refractivity contribution in [1.29, 1.82) is 0 Å². The van der Waals surface area contributed by atoms with Crippen LogP contribution in [0, 0.1) is 0 Å². The van der Waals surface area contributed by atoms with E-state index in [1.165, 1.54) is 6.20 Å². The third-order valence-electron chi connectivity index (χ3n) is 4.19.